The van der Waals surface area contributed by atoms with E-state index >= 15 is 0 Å². The first-order chi connectivity index (χ1) is 12.7. The summed E-state index contributed by atoms with van der Waals surface area (Å²) >= 11 is 0. The van der Waals surface area contributed by atoms with E-state index in [1.807, 2.05) is 67.6 Å². The molecule has 0 saturated carbocycles. The smallest absolute Gasteiger partial charge is 0.333 e. The zero-order chi connectivity index (χ0) is 18.5. The van der Waals surface area contributed by atoms with E-state index in [1.165, 1.54) is 7.11 Å². The first-order valence-corrected chi connectivity index (χ1v) is 8.58. The van der Waals surface area contributed by atoms with Gasteiger partial charge in [0.25, 0.3) is 5.91 Å². The van der Waals surface area contributed by atoms with Gasteiger partial charge in [0.05, 0.1) is 7.11 Å². The molecule has 0 saturated heterocycles. The van der Waals surface area contributed by atoms with E-state index in [1.54, 1.807) is 17.0 Å². The number of nitrogens with zero attached hydrogens (tertiary/aromatic N) is 1. The summed E-state index contributed by atoms with van der Waals surface area (Å²) in [4.78, 5) is 27.1. The van der Waals surface area contributed by atoms with Crippen molar-refractivity contribution >= 4 is 22.6 Å². The second-order valence-electron chi connectivity index (χ2n) is 5.99. The first kappa shape index (κ1) is 17.7. The maximum Gasteiger partial charge on any atom is 0.333 e. The van der Waals surface area contributed by atoms with E-state index in [-0.39, 0.29) is 5.91 Å². The summed E-state index contributed by atoms with van der Waals surface area (Å²) in [5.41, 5.74) is 1.28. The van der Waals surface area contributed by atoms with Crippen molar-refractivity contribution in [3.05, 3.63) is 83.9 Å². The number of hydrogen-bond donors (Lipinski definition) is 0. The van der Waals surface area contributed by atoms with Gasteiger partial charge in [-0.15, -0.1) is 0 Å². The Morgan fingerprint density at radius 2 is 1.58 bits per heavy atom. The minimum atomic E-state index is -0.790. The second kappa shape index (κ2) is 7.83. The molecular formula is C22H21NO3. The number of benzene rings is 3. The number of hydrogen-bond acceptors (Lipinski definition) is 3. The summed E-state index contributed by atoms with van der Waals surface area (Å²) in [6.45, 7) is 2.25. The lowest BCUT2D eigenvalue weighted by Crippen LogP contribution is -2.39. The molecule has 132 valence electrons. The summed E-state index contributed by atoms with van der Waals surface area (Å²) < 4.78 is 5.01. The Balaban J connectivity index is 2.05. The maximum absolute atomic E-state index is 13.0. The third-order valence-corrected chi connectivity index (χ3v) is 4.45. The van der Waals surface area contributed by atoms with Gasteiger partial charge in [0.1, 0.15) is 0 Å². The first-order valence-electron chi connectivity index (χ1n) is 8.58. The number of esters is 1. The third kappa shape index (κ3) is 3.45. The quantitative estimate of drug-likeness (QED) is 0.649. The molecule has 1 unspecified atom stereocenters. The average Bonchev–Trinajstić information content (AvgIpc) is 2.71. The molecular weight excluding hydrogens is 326 g/mol. The van der Waals surface area contributed by atoms with Gasteiger partial charge < -0.3 is 9.64 Å². The minimum Gasteiger partial charge on any atom is -0.467 e. The van der Waals surface area contributed by atoms with Crippen LogP contribution < -0.4 is 0 Å². The number of carbonyl (C=O) groups is 2. The SMILES string of the molecule is CCN(C(=O)c1ccccc1)C(C(=O)OC)c1ccc2ccccc2c1. The number of amides is 1. The number of rotatable bonds is 5. The largest absolute Gasteiger partial charge is 0.467 e. The number of methoxy groups -OCH3 is 1. The van der Waals surface area contributed by atoms with E-state index in [4.69, 9.17) is 4.74 Å². The highest BCUT2D eigenvalue weighted by Gasteiger charge is 2.31. The Labute approximate surface area is 153 Å². The van der Waals surface area contributed by atoms with Gasteiger partial charge in [0.2, 0.25) is 0 Å². The molecule has 4 nitrogen and oxygen atoms in total. The predicted octanol–water partition coefficient (Wildman–Crippen LogP) is 4.22. The molecule has 0 bridgehead atoms. The monoisotopic (exact) mass is 347 g/mol. The van der Waals surface area contributed by atoms with E-state index in [0.29, 0.717) is 12.1 Å². The van der Waals surface area contributed by atoms with Crippen molar-refractivity contribution in [2.45, 2.75) is 13.0 Å². The summed E-state index contributed by atoms with van der Waals surface area (Å²) in [6, 6.07) is 21.9. The molecule has 4 heteroatoms. The number of fused-ring (bicyclic) bond motifs is 1. The van der Waals surface area contributed by atoms with Gasteiger partial charge in [-0.1, -0.05) is 54.6 Å². The fourth-order valence-corrected chi connectivity index (χ4v) is 3.12. The van der Waals surface area contributed by atoms with Gasteiger partial charge in [0.15, 0.2) is 6.04 Å². The molecule has 1 amide bonds. The van der Waals surface area contributed by atoms with Gasteiger partial charge in [-0.2, -0.15) is 0 Å². The number of ether oxygens (including phenoxy) is 1. The zero-order valence-corrected chi connectivity index (χ0v) is 14.9. The highest BCUT2D eigenvalue weighted by molar-refractivity contribution is 5.97. The predicted molar refractivity (Wildman–Crippen MR) is 102 cm³/mol. The van der Waals surface area contributed by atoms with Gasteiger partial charge in [-0.3, -0.25) is 4.79 Å². The molecule has 0 radical (unpaired) electrons. The summed E-state index contributed by atoms with van der Waals surface area (Å²) in [5, 5.41) is 2.10. The van der Waals surface area contributed by atoms with Crippen molar-refractivity contribution in [3.63, 3.8) is 0 Å². The van der Waals surface area contributed by atoms with Crippen molar-refractivity contribution in [1.82, 2.24) is 4.90 Å². The van der Waals surface area contributed by atoms with Crippen LogP contribution in [0.1, 0.15) is 28.9 Å². The third-order valence-electron chi connectivity index (χ3n) is 4.45. The van der Waals surface area contributed by atoms with E-state index in [0.717, 1.165) is 16.3 Å². The van der Waals surface area contributed by atoms with Crippen LogP contribution in [-0.4, -0.2) is 30.4 Å². The Hall–Kier alpha value is -3.14. The fourth-order valence-electron chi connectivity index (χ4n) is 3.12. The van der Waals surface area contributed by atoms with Crippen LogP contribution in [0.15, 0.2) is 72.8 Å². The van der Waals surface area contributed by atoms with Crippen molar-refractivity contribution in [2.75, 3.05) is 13.7 Å². The molecule has 0 spiro atoms. The number of likely N-dealkylation sites (N-methyl/N-ethyl adjacent to an activating group) is 1. The van der Waals surface area contributed by atoms with Crippen LogP contribution in [0.4, 0.5) is 0 Å². The number of carbonyl (C=O) groups excluding carboxylic acids is 2. The van der Waals surface area contributed by atoms with Crippen molar-refractivity contribution < 1.29 is 14.3 Å². The van der Waals surface area contributed by atoms with Crippen LogP contribution in [0.25, 0.3) is 10.8 Å². The highest BCUT2D eigenvalue weighted by Crippen LogP contribution is 2.27. The summed E-state index contributed by atoms with van der Waals surface area (Å²) in [7, 11) is 1.34. The molecule has 0 heterocycles. The van der Waals surface area contributed by atoms with Gasteiger partial charge in [-0.25, -0.2) is 4.79 Å². The van der Waals surface area contributed by atoms with Crippen LogP contribution >= 0.6 is 0 Å². The maximum atomic E-state index is 13.0. The molecule has 0 aliphatic rings. The van der Waals surface area contributed by atoms with E-state index in [2.05, 4.69) is 0 Å². The molecule has 0 N–H and O–H groups in total. The summed E-state index contributed by atoms with van der Waals surface area (Å²) in [6.07, 6.45) is 0. The molecule has 0 aromatic heterocycles. The second-order valence-corrected chi connectivity index (χ2v) is 5.99. The van der Waals surface area contributed by atoms with Crippen molar-refractivity contribution in [1.29, 1.82) is 0 Å². The Kier molecular flexibility index (Phi) is 5.32. The molecule has 0 aliphatic carbocycles. The van der Waals surface area contributed by atoms with Gasteiger partial charge in [-0.05, 0) is 41.5 Å². The fraction of sp³-hybridized carbons (Fsp3) is 0.182. The van der Waals surface area contributed by atoms with E-state index < -0.39 is 12.0 Å². The highest BCUT2D eigenvalue weighted by atomic mass is 16.5. The lowest BCUT2D eigenvalue weighted by Gasteiger charge is -2.29. The topological polar surface area (TPSA) is 46.6 Å². The Bertz CT molecular complexity index is 921. The summed E-state index contributed by atoms with van der Waals surface area (Å²) in [5.74, 6) is -0.650. The van der Waals surface area contributed by atoms with E-state index in [9.17, 15) is 9.59 Å². The van der Waals surface area contributed by atoms with Gasteiger partial charge in [0, 0.05) is 12.1 Å². The molecule has 26 heavy (non-hydrogen) atoms. The molecule has 0 aliphatic heterocycles. The van der Waals surface area contributed by atoms with Gasteiger partial charge >= 0.3 is 5.97 Å². The molecule has 3 aromatic rings. The lowest BCUT2D eigenvalue weighted by molar-refractivity contribution is -0.146. The molecule has 3 aromatic carbocycles. The Morgan fingerprint density at radius 1 is 0.923 bits per heavy atom. The standard InChI is InChI=1S/C22H21NO3/c1-3-23(21(24)17-10-5-4-6-11-17)20(22(25)26-2)19-14-13-16-9-7-8-12-18(16)15-19/h4-15,20H,3H2,1-2H3. The van der Waals surface area contributed by atoms with Crippen LogP contribution in [0.3, 0.4) is 0 Å². The lowest BCUT2D eigenvalue weighted by atomic mass is 10.00. The van der Waals surface area contributed by atoms with Crippen molar-refractivity contribution in [2.24, 2.45) is 0 Å². The van der Waals surface area contributed by atoms with Crippen LogP contribution in [0.2, 0.25) is 0 Å². The molecule has 1 atom stereocenters. The van der Waals surface area contributed by atoms with Crippen LogP contribution in [0, 0.1) is 0 Å². The zero-order valence-electron chi connectivity index (χ0n) is 14.9. The van der Waals surface area contributed by atoms with Crippen LogP contribution in [-0.2, 0) is 9.53 Å². The minimum absolute atomic E-state index is 0.198. The molecule has 3 rings (SSSR count). The Morgan fingerprint density at radius 3 is 2.23 bits per heavy atom. The molecule has 0 fully saturated rings. The average molecular weight is 347 g/mol. The van der Waals surface area contributed by atoms with Crippen LogP contribution in [0.5, 0.6) is 0 Å². The van der Waals surface area contributed by atoms with Crippen molar-refractivity contribution in [3.8, 4) is 0 Å². The normalized spacial score (nSPS) is 11.8.